The predicted molar refractivity (Wildman–Crippen MR) is 65.3 cm³/mol. The number of hydrogen-bond acceptors (Lipinski definition) is 2. The molecule has 2 unspecified atom stereocenters. The Labute approximate surface area is 111 Å². The number of primary amides is 1. The summed E-state index contributed by atoms with van der Waals surface area (Å²) in [5.74, 6) is -0.901. The van der Waals surface area contributed by atoms with Crippen LogP contribution in [-0.2, 0) is 4.79 Å². The molecule has 0 spiro atoms. The number of nitrogens with zero attached hydrogens (tertiary/aromatic N) is 1. The smallest absolute Gasteiger partial charge is 0.369 e. The first-order chi connectivity index (χ1) is 8.89. The van der Waals surface area contributed by atoms with Gasteiger partial charge in [0.05, 0.1) is 5.92 Å². The third kappa shape index (κ3) is 3.41. The molecule has 110 valence electrons. The average molecular weight is 278 g/mol. The standard InChI is InChI=1S/C13H21F3N2O/c14-13(15,16)11-7-6-9(12(17)19)8-18(11)10-4-2-1-3-5-10/h9-11H,1-8H2,(H2,17,19). The van der Waals surface area contributed by atoms with Gasteiger partial charge >= 0.3 is 6.18 Å². The first kappa shape index (κ1) is 14.6. The quantitative estimate of drug-likeness (QED) is 0.843. The number of alkyl halides is 3. The molecule has 2 rings (SSSR count). The fraction of sp³-hybridized carbons (Fsp3) is 0.923. The monoisotopic (exact) mass is 278 g/mol. The first-order valence-corrected chi connectivity index (χ1v) is 7.01. The molecule has 3 nitrogen and oxygen atoms in total. The molecule has 0 aromatic rings. The highest BCUT2D eigenvalue weighted by Crippen LogP contribution is 2.37. The number of rotatable bonds is 2. The van der Waals surface area contributed by atoms with Crippen LogP contribution in [0.5, 0.6) is 0 Å². The van der Waals surface area contributed by atoms with Gasteiger partial charge in [-0.25, -0.2) is 0 Å². The molecule has 1 heterocycles. The Kier molecular flexibility index (Phi) is 4.38. The second kappa shape index (κ2) is 5.69. The summed E-state index contributed by atoms with van der Waals surface area (Å²) in [6, 6.07) is -1.44. The Balaban J connectivity index is 2.12. The van der Waals surface area contributed by atoms with Crippen molar-refractivity contribution < 1.29 is 18.0 Å². The summed E-state index contributed by atoms with van der Waals surface area (Å²) in [4.78, 5) is 12.8. The van der Waals surface area contributed by atoms with Crippen molar-refractivity contribution in [3.8, 4) is 0 Å². The average Bonchev–Trinajstić information content (AvgIpc) is 2.38. The maximum absolute atomic E-state index is 13.1. The van der Waals surface area contributed by atoms with Gasteiger partial charge in [0.2, 0.25) is 5.91 Å². The lowest BCUT2D eigenvalue weighted by Crippen LogP contribution is -2.57. The van der Waals surface area contributed by atoms with Gasteiger partial charge in [-0.05, 0) is 25.7 Å². The molecule has 1 amide bonds. The summed E-state index contributed by atoms with van der Waals surface area (Å²) >= 11 is 0. The van der Waals surface area contributed by atoms with E-state index in [9.17, 15) is 18.0 Å². The molecule has 19 heavy (non-hydrogen) atoms. The van der Waals surface area contributed by atoms with Crippen LogP contribution < -0.4 is 5.73 Å². The molecule has 2 atom stereocenters. The van der Waals surface area contributed by atoms with E-state index in [-0.39, 0.29) is 25.4 Å². The number of halogens is 3. The van der Waals surface area contributed by atoms with Crippen molar-refractivity contribution in [2.75, 3.05) is 6.54 Å². The number of amides is 1. The van der Waals surface area contributed by atoms with Crippen molar-refractivity contribution in [2.45, 2.75) is 63.2 Å². The minimum Gasteiger partial charge on any atom is -0.369 e. The molecule has 0 radical (unpaired) electrons. The fourth-order valence-electron chi connectivity index (χ4n) is 3.40. The van der Waals surface area contributed by atoms with Gasteiger partial charge in [0.1, 0.15) is 6.04 Å². The van der Waals surface area contributed by atoms with Crippen LogP contribution in [0.3, 0.4) is 0 Å². The van der Waals surface area contributed by atoms with Crippen LogP contribution in [0.1, 0.15) is 44.9 Å². The predicted octanol–water partition coefficient (Wildman–Crippen LogP) is 2.45. The molecule has 1 aliphatic heterocycles. The molecule has 2 aliphatic rings. The van der Waals surface area contributed by atoms with Crippen LogP contribution in [0, 0.1) is 5.92 Å². The van der Waals surface area contributed by atoms with Gasteiger partial charge in [0, 0.05) is 12.6 Å². The van der Waals surface area contributed by atoms with E-state index in [1.807, 2.05) is 0 Å². The molecular weight excluding hydrogens is 257 g/mol. The zero-order chi connectivity index (χ0) is 14.0. The minimum absolute atomic E-state index is 0.00634. The third-order valence-corrected chi connectivity index (χ3v) is 4.44. The van der Waals surface area contributed by atoms with E-state index in [1.165, 1.54) is 4.90 Å². The molecule has 6 heteroatoms. The van der Waals surface area contributed by atoms with Gasteiger partial charge in [-0.2, -0.15) is 13.2 Å². The van der Waals surface area contributed by atoms with E-state index in [0.29, 0.717) is 0 Å². The fourth-order valence-corrected chi connectivity index (χ4v) is 3.40. The lowest BCUT2D eigenvalue weighted by Gasteiger charge is -2.45. The van der Waals surface area contributed by atoms with E-state index < -0.39 is 24.0 Å². The maximum atomic E-state index is 13.1. The molecule has 1 saturated carbocycles. The molecule has 2 N–H and O–H groups in total. The Morgan fingerprint density at radius 1 is 1.05 bits per heavy atom. The zero-order valence-corrected chi connectivity index (χ0v) is 11.0. The Morgan fingerprint density at radius 3 is 2.21 bits per heavy atom. The molecule has 2 fully saturated rings. The Hall–Kier alpha value is -0.780. The number of likely N-dealkylation sites (tertiary alicyclic amines) is 1. The molecule has 1 saturated heterocycles. The second-order valence-electron chi connectivity index (χ2n) is 5.72. The highest BCUT2D eigenvalue weighted by Gasteiger charge is 2.48. The van der Waals surface area contributed by atoms with Crippen LogP contribution in [0.15, 0.2) is 0 Å². The second-order valence-corrected chi connectivity index (χ2v) is 5.72. The molecule has 1 aliphatic carbocycles. The molecule has 0 aromatic heterocycles. The van der Waals surface area contributed by atoms with Crippen LogP contribution in [0.2, 0.25) is 0 Å². The Bertz CT molecular complexity index is 326. The number of carbonyl (C=O) groups is 1. The van der Waals surface area contributed by atoms with E-state index in [2.05, 4.69) is 0 Å². The minimum atomic E-state index is -4.21. The number of hydrogen-bond donors (Lipinski definition) is 1. The topological polar surface area (TPSA) is 46.3 Å². The molecular formula is C13H21F3N2O. The van der Waals surface area contributed by atoms with Gasteiger partial charge < -0.3 is 5.73 Å². The van der Waals surface area contributed by atoms with Crippen molar-refractivity contribution in [3.63, 3.8) is 0 Å². The first-order valence-electron chi connectivity index (χ1n) is 7.01. The van der Waals surface area contributed by atoms with Crippen LogP contribution in [-0.4, -0.2) is 35.6 Å². The van der Waals surface area contributed by atoms with Gasteiger partial charge in [-0.15, -0.1) is 0 Å². The van der Waals surface area contributed by atoms with Crippen molar-refractivity contribution >= 4 is 5.91 Å². The number of carbonyl (C=O) groups excluding carboxylic acids is 1. The molecule has 0 aromatic carbocycles. The van der Waals surface area contributed by atoms with E-state index in [4.69, 9.17) is 5.73 Å². The molecule has 0 bridgehead atoms. The SMILES string of the molecule is NC(=O)C1CCC(C(F)(F)F)N(C2CCCCC2)C1. The number of piperidine rings is 1. The van der Waals surface area contributed by atoms with E-state index in [0.717, 1.165) is 32.1 Å². The lowest BCUT2D eigenvalue weighted by atomic mass is 9.86. The van der Waals surface area contributed by atoms with Gasteiger partial charge in [-0.3, -0.25) is 9.69 Å². The third-order valence-electron chi connectivity index (χ3n) is 4.44. The van der Waals surface area contributed by atoms with Crippen LogP contribution in [0.25, 0.3) is 0 Å². The normalized spacial score (nSPS) is 31.3. The lowest BCUT2D eigenvalue weighted by molar-refractivity contribution is -0.203. The summed E-state index contributed by atoms with van der Waals surface area (Å²) < 4.78 is 39.4. The Morgan fingerprint density at radius 2 is 1.68 bits per heavy atom. The summed E-state index contributed by atoms with van der Waals surface area (Å²) in [6.07, 6.45) is 0.701. The van der Waals surface area contributed by atoms with Gasteiger partial charge in [0.25, 0.3) is 0 Å². The highest BCUT2D eigenvalue weighted by atomic mass is 19.4. The van der Waals surface area contributed by atoms with Gasteiger partial charge in [-0.1, -0.05) is 19.3 Å². The summed E-state index contributed by atoms with van der Waals surface area (Å²) in [6.45, 7) is 0.171. The summed E-state index contributed by atoms with van der Waals surface area (Å²) in [5, 5.41) is 0. The van der Waals surface area contributed by atoms with Crippen molar-refractivity contribution in [2.24, 2.45) is 11.7 Å². The highest BCUT2D eigenvalue weighted by molar-refractivity contribution is 5.77. The summed E-state index contributed by atoms with van der Waals surface area (Å²) in [5.41, 5.74) is 5.27. The van der Waals surface area contributed by atoms with Crippen molar-refractivity contribution in [1.29, 1.82) is 0 Å². The van der Waals surface area contributed by atoms with Gasteiger partial charge in [0.15, 0.2) is 0 Å². The summed E-state index contributed by atoms with van der Waals surface area (Å²) in [7, 11) is 0. The van der Waals surface area contributed by atoms with E-state index in [1.54, 1.807) is 0 Å². The van der Waals surface area contributed by atoms with Crippen molar-refractivity contribution in [1.82, 2.24) is 4.90 Å². The van der Waals surface area contributed by atoms with E-state index >= 15 is 0 Å². The van der Waals surface area contributed by atoms with Crippen molar-refractivity contribution in [3.05, 3.63) is 0 Å². The van der Waals surface area contributed by atoms with Crippen LogP contribution in [0.4, 0.5) is 13.2 Å². The largest absolute Gasteiger partial charge is 0.404 e. The maximum Gasteiger partial charge on any atom is 0.404 e. The van der Waals surface area contributed by atoms with Crippen LogP contribution >= 0.6 is 0 Å². The number of nitrogens with two attached hydrogens (primary N) is 1. The zero-order valence-electron chi connectivity index (χ0n) is 11.0.